The molecule has 0 spiro atoms. The van der Waals surface area contributed by atoms with Crippen molar-refractivity contribution < 1.29 is 27.2 Å². The van der Waals surface area contributed by atoms with E-state index in [0.717, 1.165) is 30.5 Å². The molecular weight excluding hydrogens is 395 g/mol. The fraction of sp³-hybridized carbons (Fsp3) is 0.381. The lowest BCUT2D eigenvalue weighted by Gasteiger charge is -2.32. The number of nitrogens with zero attached hydrogens (tertiary/aromatic N) is 1. The third-order valence-corrected chi connectivity index (χ3v) is 6.42. The first-order chi connectivity index (χ1) is 13.7. The molecule has 0 unspecified atom stereocenters. The number of rotatable bonds is 5. The summed E-state index contributed by atoms with van der Waals surface area (Å²) in [5.41, 5.74) is 1.98. The van der Waals surface area contributed by atoms with Crippen molar-refractivity contribution >= 4 is 15.7 Å². The third-order valence-electron chi connectivity index (χ3n) is 5.31. The Bertz CT molecular complexity index is 1020. The first-order valence-corrected chi connectivity index (χ1v) is 11.3. The van der Waals surface area contributed by atoms with E-state index in [9.17, 15) is 17.6 Å². The van der Waals surface area contributed by atoms with Gasteiger partial charge in [-0.05, 0) is 42.8 Å². The molecule has 8 heteroatoms. The fourth-order valence-electron chi connectivity index (χ4n) is 3.59. The van der Waals surface area contributed by atoms with Crippen LogP contribution in [0.3, 0.4) is 0 Å². The molecule has 0 aromatic heterocycles. The number of carbonyl (C=O) groups excluding carboxylic acids is 1. The quantitative estimate of drug-likeness (QED) is 0.785. The lowest BCUT2D eigenvalue weighted by atomic mass is 10.1. The lowest BCUT2D eigenvalue weighted by molar-refractivity contribution is -0.917. The molecule has 156 valence electrons. The number of carbonyl (C=O) groups is 1. The summed E-state index contributed by atoms with van der Waals surface area (Å²) in [5, 5.41) is 0. The van der Waals surface area contributed by atoms with Gasteiger partial charge in [-0.1, -0.05) is 6.07 Å². The highest BCUT2D eigenvalue weighted by molar-refractivity contribution is 7.90. The molecule has 0 atom stereocenters. The van der Waals surface area contributed by atoms with E-state index in [-0.39, 0.29) is 16.6 Å². The Morgan fingerprint density at radius 3 is 2.48 bits per heavy atom. The highest BCUT2D eigenvalue weighted by Gasteiger charge is 2.27. The van der Waals surface area contributed by atoms with Gasteiger partial charge in [0.25, 0.3) is 5.91 Å². The molecular formula is C21H26FN2O4S+. The van der Waals surface area contributed by atoms with Crippen LogP contribution in [0.15, 0.2) is 41.3 Å². The van der Waals surface area contributed by atoms with Crippen molar-refractivity contribution in [2.24, 2.45) is 0 Å². The van der Waals surface area contributed by atoms with Crippen LogP contribution in [0.25, 0.3) is 0 Å². The van der Waals surface area contributed by atoms with E-state index in [4.69, 9.17) is 4.74 Å². The standard InChI is InChI=1S/C21H25FN2O4S/c1-15-4-6-18(29(3,26)27)13-19(15)21(25)24-10-8-23(9-11-24)14-16-12-17(22)5-7-20(16)28-2/h4-7,12-13H,8-11,14H2,1-3H3/p+1. The van der Waals surface area contributed by atoms with Crippen LogP contribution in [0.2, 0.25) is 0 Å². The first-order valence-electron chi connectivity index (χ1n) is 9.45. The lowest BCUT2D eigenvalue weighted by Crippen LogP contribution is -3.13. The largest absolute Gasteiger partial charge is 0.496 e. The highest BCUT2D eigenvalue weighted by atomic mass is 32.2. The number of hydrogen-bond acceptors (Lipinski definition) is 4. The molecule has 1 N–H and O–H groups in total. The zero-order valence-corrected chi connectivity index (χ0v) is 17.7. The molecule has 29 heavy (non-hydrogen) atoms. The van der Waals surface area contributed by atoms with Crippen molar-refractivity contribution in [1.82, 2.24) is 4.90 Å². The number of aryl methyl sites for hydroxylation is 1. The molecule has 0 saturated carbocycles. The van der Waals surface area contributed by atoms with E-state index in [2.05, 4.69) is 0 Å². The summed E-state index contributed by atoms with van der Waals surface area (Å²) in [6.45, 7) is 4.96. The van der Waals surface area contributed by atoms with Crippen LogP contribution in [0.1, 0.15) is 21.5 Å². The van der Waals surface area contributed by atoms with Crippen LogP contribution in [0.5, 0.6) is 5.75 Å². The maximum Gasteiger partial charge on any atom is 0.254 e. The Labute approximate surface area is 170 Å². The normalized spacial score (nSPS) is 15.4. The molecule has 0 radical (unpaired) electrons. The Kier molecular flexibility index (Phi) is 6.24. The minimum atomic E-state index is -3.38. The predicted octanol–water partition coefficient (Wildman–Crippen LogP) is 1.09. The summed E-state index contributed by atoms with van der Waals surface area (Å²) in [6, 6.07) is 9.15. The Morgan fingerprint density at radius 1 is 1.17 bits per heavy atom. The predicted molar refractivity (Wildman–Crippen MR) is 108 cm³/mol. The van der Waals surface area contributed by atoms with Gasteiger partial charge >= 0.3 is 0 Å². The Balaban J connectivity index is 1.68. The Morgan fingerprint density at radius 2 is 1.86 bits per heavy atom. The molecule has 2 aromatic rings. The van der Waals surface area contributed by atoms with Gasteiger partial charge in [0.2, 0.25) is 0 Å². The van der Waals surface area contributed by atoms with Gasteiger partial charge in [0.05, 0.1) is 43.7 Å². The summed E-state index contributed by atoms with van der Waals surface area (Å²) < 4.78 is 42.6. The number of benzene rings is 2. The number of methoxy groups -OCH3 is 1. The van der Waals surface area contributed by atoms with Crippen molar-refractivity contribution in [3.8, 4) is 5.75 Å². The minimum Gasteiger partial charge on any atom is -0.496 e. The van der Waals surface area contributed by atoms with Gasteiger partial charge in [0.15, 0.2) is 9.84 Å². The maximum atomic E-state index is 13.6. The zero-order valence-electron chi connectivity index (χ0n) is 16.9. The summed E-state index contributed by atoms with van der Waals surface area (Å²) in [6.07, 6.45) is 1.13. The minimum absolute atomic E-state index is 0.147. The van der Waals surface area contributed by atoms with Crippen molar-refractivity contribution in [2.45, 2.75) is 18.4 Å². The summed E-state index contributed by atoms with van der Waals surface area (Å²) in [7, 11) is -1.81. The average Bonchev–Trinajstić information content (AvgIpc) is 2.68. The number of quaternary nitrogens is 1. The van der Waals surface area contributed by atoms with Crippen LogP contribution >= 0.6 is 0 Å². The number of piperazine rings is 1. The van der Waals surface area contributed by atoms with E-state index >= 15 is 0 Å². The monoisotopic (exact) mass is 421 g/mol. The summed E-state index contributed by atoms with van der Waals surface area (Å²) in [5.74, 6) is 0.205. The van der Waals surface area contributed by atoms with Crippen molar-refractivity contribution in [3.63, 3.8) is 0 Å². The van der Waals surface area contributed by atoms with Crippen molar-refractivity contribution in [3.05, 3.63) is 58.9 Å². The van der Waals surface area contributed by atoms with Crippen LogP contribution in [0, 0.1) is 12.7 Å². The third kappa shape index (κ3) is 4.94. The molecule has 0 bridgehead atoms. The molecule has 1 aliphatic heterocycles. The molecule has 1 aliphatic rings. The molecule has 0 aliphatic carbocycles. The zero-order chi connectivity index (χ0) is 21.2. The second kappa shape index (κ2) is 8.51. The molecule has 1 amide bonds. The Hall–Kier alpha value is -2.45. The fourth-order valence-corrected chi connectivity index (χ4v) is 4.24. The van der Waals surface area contributed by atoms with Gasteiger partial charge in [0.1, 0.15) is 18.1 Å². The number of ether oxygens (including phenoxy) is 1. The molecule has 6 nitrogen and oxygen atoms in total. The topological polar surface area (TPSA) is 68.1 Å². The van der Waals surface area contributed by atoms with Gasteiger partial charge in [-0.25, -0.2) is 12.8 Å². The van der Waals surface area contributed by atoms with Gasteiger partial charge in [-0.2, -0.15) is 0 Å². The molecule has 1 saturated heterocycles. The average molecular weight is 422 g/mol. The SMILES string of the molecule is COc1ccc(F)cc1C[NH+]1CCN(C(=O)c2cc(S(C)(=O)=O)ccc2C)CC1. The van der Waals surface area contributed by atoms with Crippen LogP contribution in [-0.4, -0.2) is 58.8 Å². The molecule has 1 fully saturated rings. The van der Waals surface area contributed by atoms with Crippen molar-refractivity contribution in [1.29, 1.82) is 0 Å². The number of nitrogens with one attached hydrogen (secondary N) is 1. The van der Waals surface area contributed by atoms with E-state index in [0.29, 0.717) is 30.9 Å². The van der Waals surface area contributed by atoms with E-state index < -0.39 is 9.84 Å². The second-order valence-electron chi connectivity index (χ2n) is 7.42. The van der Waals surface area contributed by atoms with E-state index in [1.807, 2.05) is 0 Å². The van der Waals surface area contributed by atoms with Gasteiger partial charge in [-0.3, -0.25) is 4.79 Å². The molecule has 1 heterocycles. The van der Waals surface area contributed by atoms with E-state index in [1.165, 1.54) is 29.2 Å². The smallest absolute Gasteiger partial charge is 0.254 e. The van der Waals surface area contributed by atoms with Gasteiger partial charge < -0.3 is 14.5 Å². The number of hydrogen-bond donors (Lipinski definition) is 1. The van der Waals surface area contributed by atoms with Crippen molar-refractivity contribution in [2.75, 3.05) is 39.5 Å². The van der Waals surface area contributed by atoms with Gasteiger partial charge in [0, 0.05) is 11.8 Å². The molecule has 2 aromatic carbocycles. The van der Waals surface area contributed by atoms with Gasteiger partial charge in [-0.15, -0.1) is 0 Å². The summed E-state index contributed by atoms with van der Waals surface area (Å²) >= 11 is 0. The number of sulfone groups is 1. The number of halogens is 1. The van der Waals surface area contributed by atoms with Crippen LogP contribution in [0.4, 0.5) is 4.39 Å². The first kappa shape index (κ1) is 21.3. The summed E-state index contributed by atoms with van der Waals surface area (Å²) in [4.78, 5) is 16.1. The molecule has 3 rings (SSSR count). The van der Waals surface area contributed by atoms with Crippen LogP contribution < -0.4 is 9.64 Å². The number of amides is 1. The maximum absolute atomic E-state index is 13.6. The van der Waals surface area contributed by atoms with E-state index in [1.54, 1.807) is 31.1 Å². The second-order valence-corrected chi connectivity index (χ2v) is 9.44. The highest BCUT2D eigenvalue weighted by Crippen LogP contribution is 2.19. The van der Waals surface area contributed by atoms with Crippen LogP contribution in [-0.2, 0) is 16.4 Å².